The molecule has 0 fully saturated rings. The number of aryl methyl sites for hydroxylation is 1. The van der Waals surface area contributed by atoms with Gasteiger partial charge in [-0.1, -0.05) is 24.8 Å². The standard InChI is InChI=1S/C17H16N2OS/c1-3-4-5-13-8-16(21-11(13)2)15-7-12(10-20)6-14(9-18)17(15)19/h3-10,18H,1,19H2,2H3/b5-4-,18-9?. The summed E-state index contributed by atoms with van der Waals surface area (Å²) < 4.78 is 0. The molecular formula is C17H16N2OS. The molecule has 3 N–H and O–H groups in total. The summed E-state index contributed by atoms with van der Waals surface area (Å²) in [5, 5.41) is 7.41. The van der Waals surface area contributed by atoms with Crippen LogP contribution >= 0.6 is 11.3 Å². The van der Waals surface area contributed by atoms with Crippen molar-refractivity contribution in [3.8, 4) is 10.4 Å². The average Bonchev–Trinajstić information content (AvgIpc) is 2.86. The van der Waals surface area contributed by atoms with Crippen molar-refractivity contribution in [3.05, 3.63) is 58.5 Å². The molecule has 106 valence electrons. The number of rotatable bonds is 5. The maximum atomic E-state index is 11.0. The molecule has 2 rings (SSSR count). The minimum atomic E-state index is 0.520. The minimum absolute atomic E-state index is 0.520. The number of aldehydes is 1. The van der Waals surface area contributed by atoms with E-state index in [0.29, 0.717) is 16.8 Å². The highest BCUT2D eigenvalue weighted by molar-refractivity contribution is 7.15. The molecule has 3 nitrogen and oxygen atoms in total. The average molecular weight is 296 g/mol. The third kappa shape index (κ3) is 3.01. The Hall–Kier alpha value is -2.46. The lowest BCUT2D eigenvalue weighted by molar-refractivity contribution is 0.112. The van der Waals surface area contributed by atoms with Crippen LogP contribution in [0.25, 0.3) is 16.5 Å². The van der Waals surface area contributed by atoms with Gasteiger partial charge in [0.1, 0.15) is 6.29 Å². The molecule has 0 radical (unpaired) electrons. The summed E-state index contributed by atoms with van der Waals surface area (Å²) >= 11 is 1.61. The molecule has 0 aliphatic rings. The van der Waals surface area contributed by atoms with Crippen molar-refractivity contribution < 1.29 is 4.79 Å². The van der Waals surface area contributed by atoms with Crippen LogP contribution in [0.1, 0.15) is 26.4 Å². The van der Waals surface area contributed by atoms with E-state index < -0.39 is 0 Å². The summed E-state index contributed by atoms with van der Waals surface area (Å²) in [6.07, 6.45) is 7.54. The van der Waals surface area contributed by atoms with Gasteiger partial charge in [-0.05, 0) is 30.7 Å². The van der Waals surface area contributed by atoms with Gasteiger partial charge in [0.15, 0.2) is 0 Å². The second-order valence-corrected chi connectivity index (χ2v) is 5.81. The van der Waals surface area contributed by atoms with E-state index in [0.717, 1.165) is 27.2 Å². The van der Waals surface area contributed by atoms with Crippen molar-refractivity contribution in [2.24, 2.45) is 0 Å². The van der Waals surface area contributed by atoms with Gasteiger partial charge in [0.25, 0.3) is 0 Å². The zero-order valence-electron chi connectivity index (χ0n) is 11.7. The Kier molecular flexibility index (Phi) is 4.50. The Morgan fingerprint density at radius 2 is 2.05 bits per heavy atom. The molecule has 0 spiro atoms. The van der Waals surface area contributed by atoms with Gasteiger partial charge in [0, 0.05) is 38.3 Å². The second kappa shape index (κ2) is 6.33. The van der Waals surface area contributed by atoms with Crippen molar-refractivity contribution in [3.63, 3.8) is 0 Å². The molecule has 1 aromatic carbocycles. The van der Waals surface area contributed by atoms with Crippen molar-refractivity contribution >= 4 is 35.6 Å². The number of thiophene rings is 1. The maximum absolute atomic E-state index is 11.0. The highest BCUT2D eigenvalue weighted by Gasteiger charge is 2.12. The van der Waals surface area contributed by atoms with Crippen molar-refractivity contribution in [1.29, 1.82) is 5.41 Å². The molecule has 4 heteroatoms. The topological polar surface area (TPSA) is 66.9 Å². The van der Waals surface area contributed by atoms with E-state index in [-0.39, 0.29) is 0 Å². The van der Waals surface area contributed by atoms with Crippen LogP contribution in [0.15, 0.2) is 36.9 Å². The Morgan fingerprint density at radius 1 is 1.29 bits per heavy atom. The van der Waals surface area contributed by atoms with E-state index in [4.69, 9.17) is 11.1 Å². The van der Waals surface area contributed by atoms with Crippen LogP contribution in [0.5, 0.6) is 0 Å². The monoisotopic (exact) mass is 296 g/mol. The zero-order chi connectivity index (χ0) is 15.4. The van der Waals surface area contributed by atoms with Gasteiger partial charge in [-0.2, -0.15) is 0 Å². The Balaban J connectivity index is 2.61. The number of hydrogen-bond donors (Lipinski definition) is 2. The van der Waals surface area contributed by atoms with Crippen molar-refractivity contribution in [2.45, 2.75) is 6.92 Å². The van der Waals surface area contributed by atoms with Gasteiger partial charge < -0.3 is 11.1 Å². The van der Waals surface area contributed by atoms with E-state index in [1.807, 2.05) is 25.1 Å². The number of nitrogens with two attached hydrogens (primary N) is 1. The first-order valence-corrected chi connectivity index (χ1v) is 7.21. The number of anilines is 1. The number of nitrogen functional groups attached to an aromatic ring is 1. The first-order valence-electron chi connectivity index (χ1n) is 6.39. The summed E-state index contributed by atoms with van der Waals surface area (Å²) in [4.78, 5) is 13.2. The summed E-state index contributed by atoms with van der Waals surface area (Å²) in [5.41, 5.74) is 9.61. The minimum Gasteiger partial charge on any atom is -0.398 e. The lowest BCUT2D eigenvalue weighted by Crippen LogP contribution is -1.98. The quantitative estimate of drug-likeness (QED) is 0.373. The van der Waals surface area contributed by atoms with Crippen molar-refractivity contribution in [2.75, 3.05) is 5.73 Å². The Morgan fingerprint density at radius 3 is 2.67 bits per heavy atom. The van der Waals surface area contributed by atoms with Gasteiger partial charge >= 0.3 is 0 Å². The normalized spacial score (nSPS) is 10.7. The van der Waals surface area contributed by atoms with Crippen LogP contribution < -0.4 is 5.73 Å². The van der Waals surface area contributed by atoms with Crippen molar-refractivity contribution in [1.82, 2.24) is 0 Å². The molecule has 0 atom stereocenters. The first-order chi connectivity index (χ1) is 10.1. The molecule has 0 saturated heterocycles. The van der Waals surface area contributed by atoms with Gasteiger partial charge in [-0.3, -0.25) is 4.79 Å². The third-order valence-corrected chi connectivity index (χ3v) is 4.26. The molecule has 0 saturated carbocycles. The van der Waals surface area contributed by atoms with E-state index in [9.17, 15) is 4.79 Å². The molecule has 0 aliphatic carbocycles. The molecule has 0 unspecified atom stereocenters. The summed E-state index contributed by atoms with van der Waals surface area (Å²) in [6, 6.07) is 5.42. The number of nitrogens with one attached hydrogen (secondary N) is 1. The van der Waals surface area contributed by atoms with Crippen LogP contribution in [-0.2, 0) is 0 Å². The number of hydrogen-bond acceptors (Lipinski definition) is 4. The first kappa shape index (κ1) is 14.9. The third-order valence-electron chi connectivity index (χ3n) is 3.16. The highest BCUT2D eigenvalue weighted by Crippen LogP contribution is 2.36. The molecular weight excluding hydrogens is 280 g/mol. The molecule has 0 aliphatic heterocycles. The van der Waals surface area contributed by atoms with Gasteiger partial charge in [0.05, 0.1) is 0 Å². The van der Waals surface area contributed by atoms with E-state index >= 15 is 0 Å². The second-order valence-electron chi connectivity index (χ2n) is 4.55. The van der Waals surface area contributed by atoms with Gasteiger partial charge in [-0.25, -0.2) is 0 Å². The van der Waals surface area contributed by atoms with Crippen LogP contribution in [-0.4, -0.2) is 12.5 Å². The lowest BCUT2D eigenvalue weighted by atomic mass is 10.0. The molecule has 0 amide bonds. The van der Waals surface area contributed by atoms with E-state index in [1.54, 1.807) is 29.5 Å². The fraction of sp³-hybridized carbons (Fsp3) is 0.0588. The lowest BCUT2D eigenvalue weighted by Gasteiger charge is -2.07. The Bertz CT molecular complexity index is 741. The molecule has 1 aromatic heterocycles. The molecule has 0 bridgehead atoms. The number of benzene rings is 1. The molecule has 2 aromatic rings. The molecule has 1 heterocycles. The zero-order valence-corrected chi connectivity index (χ0v) is 12.5. The van der Waals surface area contributed by atoms with Gasteiger partial charge in [0.2, 0.25) is 0 Å². The predicted octanol–water partition coefficient (Wildman–Crippen LogP) is 4.32. The summed E-state index contributed by atoms with van der Waals surface area (Å²) in [7, 11) is 0. The van der Waals surface area contributed by atoms with Crippen LogP contribution in [0.2, 0.25) is 0 Å². The number of carbonyl (C=O) groups is 1. The largest absolute Gasteiger partial charge is 0.398 e. The van der Waals surface area contributed by atoms with Crippen LogP contribution in [0.3, 0.4) is 0 Å². The predicted molar refractivity (Wildman–Crippen MR) is 91.4 cm³/mol. The van der Waals surface area contributed by atoms with E-state index in [2.05, 4.69) is 6.58 Å². The fourth-order valence-electron chi connectivity index (χ4n) is 2.06. The fourth-order valence-corrected chi connectivity index (χ4v) is 3.10. The smallest absolute Gasteiger partial charge is 0.150 e. The number of allylic oxidation sites excluding steroid dienone is 2. The van der Waals surface area contributed by atoms with Crippen LogP contribution in [0, 0.1) is 12.3 Å². The summed E-state index contributed by atoms with van der Waals surface area (Å²) in [6.45, 7) is 5.70. The van der Waals surface area contributed by atoms with E-state index in [1.165, 1.54) is 6.21 Å². The van der Waals surface area contributed by atoms with Crippen LogP contribution in [0.4, 0.5) is 5.69 Å². The molecule has 21 heavy (non-hydrogen) atoms. The Labute approximate surface area is 127 Å². The highest BCUT2D eigenvalue weighted by atomic mass is 32.1. The SMILES string of the molecule is C=C/C=C\c1cc(-c2cc(C=O)cc(C=N)c2N)sc1C. The maximum Gasteiger partial charge on any atom is 0.150 e. The van der Waals surface area contributed by atoms with Gasteiger partial charge in [-0.15, -0.1) is 11.3 Å². The summed E-state index contributed by atoms with van der Waals surface area (Å²) in [5.74, 6) is 0. The number of carbonyl (C=O) groups excluding carboxylic acids is 1.